The van der Waals surface area contributed by atoms with Gasteiger partial charge in [0.05, 0.1) is 17.6 Å². The number of ether oxygens (including phenoxy) is 1. The highest BCUT2D eigenvalue weighted by molar-refractivity contribution is 8.00. The first-order valence-corrected chi connectivity index (χ1v) is 15.3. The van der Waals surface area contributed by atoms with Crippen LogP contribution in [0.5, 0.6) is 0 Å². The molecular formula is C27H21N5O3S4. The van der Waals surface area contributed by atoms with Gasteiger partial charge in [-0.2, -0.15) is 0 Å². The molecule has 2 aliphatic rings. The first-order chi connectivity index (χ1) is 19.1. The Kier molecular flexibility index (Phi) is 7.51. The summed E-state index contributed by atoms with van der Waals surface area (Å²) in [5.41, 5.74) is 7.19. The third kappa shape index (κ3) is 5.24. The number of thioether (sulfide) groups is 1. The topological polar surface area (TPSA) is 97.3 Å². The van der Waals surface area contributed by atoms with E-state index in [9.17, 15) is 9.59 Å². The molecule has 0 bridgehead atoms. The van der Waals surface area contributed by atoms with Crippen molar-refractivity contribution in [2.75, 3.05) is 5.75 Å². The van der Waals surface area contributed by atoms with E-state index in [0.717, 1.165) is 16.7 Å². The Hall–Kier alpha value is -3.45. The summed E-state index contributed by atoms with van der Waals surface area (Å²) in [5, 5.41) is 13.5. The summed E-state index contributed by atoms with van der Waals surface area (Å²) in [7, 11) is 0. The number of amides is 2. The van der Waals surface area contributed by atoms with Gasteiger partial charge < -0.3 is 10.1 Å². The summed E-state index contributed by atoms with van der Waals surface area (Å²) in [6.07, 6.45) is -0.345. The Morgan fingerprint density at radius 1 is 1.10 bits per heavy atom. The van der Waals surface area contributed by atoms with Gasteiger partial charge in [-0.15, -0.1) is 44.6 Å². The normalized spacial score (nSPS) is 18.5. The maximum absolute atomic E-state index is 13.5. The smallest absolute Gasteiger partial charge is 0.253 e. The van der Waals surface area contributed by atoms with Crippen molar-refractivity contribution < 1.29 is 14.3 Å². The Labute approximate surface area is 242 Å². The monoisotopic (exact) mass is 591 g/mol. The molecular weight excluding hydrogens is 571 g/mol. The fourth-order valence-corrected chi connectivity index (χ4v) is 7.45. The summed E-state index contributed by atoms with van der Waals surface area (Å²) in [6.45, 7) is 0. The number of nitrogens with one attached hydrogen (secondary N) is 1. The number of rotatable bonds is 8. The van der Waals surface area contributed by atoms with E-state index in [4.69, 9.17) is 17.0 Å². The van der Waals surface area contributed by atoms with E-state index in [0.29, 0.717) is 22.2 Å². The number of fused-ring (bicyclic) bond motifs is 1. The van der Waals surface area contributed by atoms with Gasteiger partial charge in [0, 0.05) is 16.7 Å². The van der Waals surface area contributed by atoms with Gasteiger partial charge in [-0.25, -0.2) is 4.98 Å². The first kappa shape index (κ1) is 25.8. The minimum atomic E-state index is -0.658. The Bertz CT molecular complexity index is 1470. The molecule has 0 unspecified atom stereocenters. The molecule has 196 valence electrons. The van der Waals surface area contributed by atoms with Gasteiger partial charge in [-0.3, -0.25) is 14.5 Å². The van der Waals surface area contributed by atoms with Crippen LogP contribution in [0.25, 0.3) is 5.57 Å². The molecule has 12 heteroatoms. The number of carbonyl (C=O) groups excluding carboxylic acids is 2. The Morgan fingerprint density at radius 2 is 1.82 bits per heavy atom. The van der Waals surface area contributed by atoms with Crippen LogP contribution in [0.3, 0.4) is 0 Å². The van der Waals surface area contributed by atoms with Crippen LogP contribution < -0.4 is 5.32 Å². The number of thiazole rings is 1. The van der Waals surface area contributed by atoms with E-state index in [2.05, 4.69) is 20.5 Å². The zero-order valence-electron chi connectivity index (χ0n) is 20.3. The standard InChI is InChI=1S/C27H21N5O3S4/c33-20(11-18-12-37-14-28-18)30-21-25(34)32-22(19(13-38-26(21)32)24-31-29-15-39-24)27(36)35-23(16-7-3-1-4-8-16)17-9-5-2-6-10-17/h1-10,12,14-15,21,23,26H,11,13H2,(H,30,33)/t21-,26-/m1/s1. The van der Waals surface area contributed by atoms with Crippen molar-refractivity contribution in [1.82, 2.24) is 25.4 Å². The van der Waals surface area contributed by atoms with Gasteiger partial charge in [0.25, 0.3) is 5.91 Å². The molecule has 2 atom stereocenters. The molecule has 0 saturated carbocycles. The second kappa shape index (κ2) is 11.3. The number of β-lactam (4-membered cyclic amide) rings is 1. The van der Waals surface area contributed by atoms with E-state index in [1.165, 1.54) is 22.7 Å². The van der Waals surface area contributed by atoms with Crippen LogP contribution in [0.15, 0.2) is 82.8 Å². The van der Waals surface area contributed by atoms with Crippen molar-refractivity contribution in [2.45, 2.75) is 23.9 Å². The van der Waals surface area contributed by atoms with Crippen LogP contribution in [0.2, 0.25) is 0 Å². The molecule has 4 heterocycles. The molecule has 6 rings (SSSR count). The highest BCUT2D eigenvalue weighted by atomic mass is 32.2. The van der Waals surface area contributed by atoms with E-state index >= 15 is 0 Å². The van der Waals surface area contributed by atoms with E-state index in [-0.39, 0.29) is 28.7 Å². The van der Waals surface area contributed by atoms with Crippen LogP contribution in [0.4, 0.5) is 0 Å². The third-order valence-corrected chi connectivity index (χ3v) is 9.31. The lowest BCUT2D eigenvalue weighted by Crippen LogP contribution is -2.70. The highest BCUT2D eigenvalue weighted by Crippen LogP contribution is 2.45. The minimum Gasteiger partial charge on any atom is -0.469 e. The maximum Gasteiger partial charge on any atom is 0.253 e. The molecule has 0 aliphatic carbocycles. The maximum atomic E-state index is 13.5. The molecule has 1 fully saturated rings. The van der Waals surface area contributed by atoms with Gasteiger partial charge in [-0.1, -0.05) is 60.7 Å². The summed E-state index contributed by atoms with van der Waals surface area (Å²) < 4.78 is 6.51. The number of hydrogen-bond acceptors (Lipinski definition) is 10. The largest absolute Gasteiger partial charge is 0.469 e. The van der Waals surface area contributed by atoms with Gasteiger partial charge in [0.1, 0.15) is 33.7 Å². The SMILES string of the molecule is O=C(Cc1cscn1)N[C@@H]1C(=O)N2C(C(=S)OC(c3ccccc3)c3ccccc3)=C(c3nncs3)CS[C@H]12. The molecule has 2 amide bonds. The van der Waals surface area contributed by atoms with Crippen molar-refractivity contribution in [3.05, 3.63) is 105 Å². The van der Waals surface area contributed by atoms with Crippen LogP contribution in [-0.2, 0) is 20.7 Å². The fourth-order valence-electron chi connectivity index (χ4n) is 4.54. The van der Waals surface area contributed by atoms with Crippen molar-refractivity contribution in [3.63, 3.8) is 0 Å². The quantitative estimate of drug-likeness (QED) is 0.237. The molecule has 0 spiro atoms. The summed E-state index contributed by atoms with van der Waals surface area (Å²) >= 11 is 10.3. The molecule has 4 aromatic rings. The Balaban J connectivity index is 1.29. The molecule has 1 saturated heterocycles. The van der Waals surface area contributed by atoms with Gasteiger partial charge in [-0.05, 0) is 23.3 Å². The zero-order chi connectivity index (χ0) is 26.8. The van der Waals surface area contributed by atoms with Crippen molar-refractivity contribution in [2.24, 2.45) is 0 Å². The molecule has 39 heavy (non-hydrogen) atoms. The lowest BCUT2D eigenvalue weighted by Gasteiger charge is -2.50. The number of thiocarbonyl (C=S) groups is 1. The van der Waals surface area contributed by atoms with Crippen molar-refractivity contribution in [1.29, 1.82) is 0 Å². The minimum absolute atomic E-state index is 0.126. The van der Waals surface area contributed by atoms with E-state index < -0.39 is 12.1 Å². The zero-order valence-corrected chi connectivity index (χ0v) is 23.6. The number of hydrogen-bond donors (Lipinski definition) is 1. The highest BCUT2D eigenvalue weighted by Gasteiger charge is 2.54. The number of carbonyl (C=O) groups is 2. The number of nitrogens with zero attached hydrogens (tertiary/aromatic N) is 4. The number of benzene rings is 2. The first-order valence-electron chi connectivity index (χ1n) is 12.0. The van der Waals surface area contributed by atoms with Gasteiger partial charge in [0.2, 0.25) is 11.0 Å². The third-order valence-electron chi connectivity index (χ3n) is 6.35. The fraction of sp³-hybridized carbons (Fsp3) is 0.185. The summed E-state index contributed by atoms with van der Waals surface area (Å²) in [4.78, 5) is 31.9. The van der Waals surface area contributed by atoms with Gasteiger partial charge >= 0.3 is 0 Å². The summed E-state index contributed by atoms with van der Waals surface area (Å²) in [5.74, 6) is 0.0622. The molecule has 2 aromatic heterocycles. The van der Waals surface area contributed by atoms with Crippen LogP contribution in [0.1, 0.15) is 27.9 Å². The lowest BCUT2D eigenvalue weighted by molar-refractivity contribution is -0.145. The molecule has 8 nitrogen and oxygen atoms in total. The number of aromatic nitrogens is 3. The van der Waals surface area contributed by atoms with E-state index in [1.54, 1.807) is 27.7 Å². The Morgan fingerprint density at radius 3 is 2.44 bits per heavy atom. The van der Waals surface area contributed by atoms with Crippen molar-refractivity contribution >= 4 is 69.1 Å². The lowest BCUT2D eigenvalue weighted by atomic mass is 10.0. The van der Waals surface area contributed by atoms with E-state index in [1.807, 2.05) is 66.0 Å². The average molecular weight is 592 g/mol. The predicted molar refractivity (Wildman–Crippen MR) is 156 cm³/mol. The van der Waals surface area contributed by atoms with Crippen molar-refractivity contribution in [3.8, 4) is 0 Å². The second-order valence-corrected chi connectivity index (χ2v) is 11.8. The molecule has 0 radical (unpaired) electrons. The molecule has 2 aliphatic heterocycles. The van der Waals surface area contributed by atoms with Gasteiger partial charge in [0.15, 0.2) is 0 Å². The average Bonchev–Trinajstić information content (AvgIpc) is 3.70. The van der Waals surface area contributed by atoms with Crippen LogP contribution >= 0.6 is 46.7 Å². The summed E-state index contributed by atoms with van der Waals surface area (Å²) in [6, 6.07) is 19.0. The molecule has 1 N–H and O–H groups in total. The van der Waals surface area contributed by atoms with Crippen LogP contribution in [-0.4, -0.2) is 54.1 Å². The molecule has 2 aromatic carbocycles. The van der Waals surface area contributed by atoms with Crippen LogP contribution in [0, 0.1) is 0 Å². The predicted octanol–water partition coefficient (Wildman–Crippen LogP) is 4.48. The second-order valence-electron chi connectivity index (χ2n) is 8.79.